The minimum absolute atomic E-state index is 0. The fourth-order valence-corrected chi connectivity index (χ4v) is 3.64. The van der Waals surface area contributed by atoms with Crippen molar-refractivity contribution >= 4 is 28.7 Å². The first-order valence-corrected chi connectivity index (χ1v) is 14.2. The van der Waals surface area contributed by atoms with E-state index < -0.39 is 0 Å². The maximum atomic E-state index is 5.40. The Morgan fingerprint density at radius 1 is 0.714 bits per heavy atom. The van der Waals surface area contributed by atoms with Gasteiger partial charge in [-0.3, -0.25) is 12.2 Å². The van der Waals surface area contributed by atoms with Crippen LogP contribution in [0.1, 0.15) is 46.1 Å². The van der Waals surface area contributed by atoms with Crippen LogP contribution in [0, 0.1) is 19.1 Å². The molecule has 42 heavy (non-hydrogen) atoms. The number of hydrogen-bond donors (Lipinski definition) is 2. The molecule has 2 aliphatic rings. The van der Waals surface area contributed by atoms with Gasteiger partial charge in [0.05, 0.1) is 13.2 Å². The summed E-state index contributed by atoms with van der Waals surface area (Å²) in [6.07, 6.45) is 16.7. The van der Waals surface area contributed by atoms with E-state index in [4.69, 9.17) is 21.7 Å². The summed E-state index contributed by atoms with van der Waals surface area (Å²) in [6, 6.07) is 25.2. The fourth-order valence-electron chi connectivity index (χ4n) is 3.40. The minimum atomic E-state index is 0. The van der Waals surface area contributed by atoms with Crippen molar-refractivity contribution in [3.05, 3.63) is 139 Å². The van der Waals surface area contributed by atoms with Gasteiger partial charge < -0.3 is 20.1 Å². The molecule has 0 aromatic heterocycles. The van der Waals surface area contributed by atoms with Crippen LogP contribution < -0.4 is 20.1 Å². The van der Waals surface area contributed by atoms with Crippen LogP contribution in [-0.4, -0.2) is 18.3 Å². The smallest absolute Gasteiger partial charge is 0.494 e. The fraction of sp³-hybridized carbons (Fsp3) is 0.222. The molecule has 0 heterocycles. The van der Waals surface area contributed by atoms with Crippen LogP contribution >= 0.6 is 12.2 Å². The Morgan fingerprint density at radius 3 is 1.36 bits per heavy atom. The molecule has 0 bridgehead atoms. The SMILES string of the molecule is CC1=[C-]CC=C1.CC1=[C-]CC=C1.CCOc1ccc(NC(=S)Nc2ccc(OCC)cc2)cc1.[CH2-]c1ccccc1.[Zr+3]. The third-order valence-corrected chi connectivity index (χ3v) is 5.63. The average molecular weight is 657 g/mol. The molecule has 4 nitrogen and oxygen atoms in total. The van der Waals surface area contributed by atoms with Gasteiger partial charge in [0, 0.05) is 11.4 Å². The van der Waals surface area contributed by atoms with E-state index in [0.29, 0.717) is 18.3 Å². The van der Waals surface area contributed by atoms with Crippen molar-refractivity contribution in [2.45, 2.75) is 40.5 Å². The van der Waals surface area contributed by atoms with Crippen LogP contribution in [-0.2, 0) is 26.2 Å². The number of ether oxygens (including phenoxy) is 2. The first kappa shape index (κ1) is 36.7. The van der Waals surface area contributed by atoms with Gasteiger partial charge in [-0.1, -0.05) is 19.9 Å². The minimum Gasteiger partial charge on any atom is -0.494 e. The van der Waals surface area contributed by atoms with Gasteiger partial charge in [0.15, 0.2) is 5.11 Å². The predicted molar refractivity (Wildman–Crippen MR) is 178 cm³/mol. The van der Waals surface area contributed by atoms with E-state index in [2.05, 4.69) is 67.9 Å². The second-order valence-electron chi connectivity index (χ2n) is 8.91. The molecule has 217 valence electrons. The molecule has 0 unspecified atom stereocenters. The van der Waals surface area contributed by atoms with Crippen molar-refractivity contribution in [1.82, 2.24) is 0 Å². The average Bonchev–Trinajstić information content (AvgIpc) is 3.66. The Hall–Kier alpha value is -3.34. The van der Waals surface area contributed by atoms with Gasteiger partial charge in [-0.05, 0) is 74.6 Å². The third-order valence-electron chi connectivity index (χ3n) is 5.42. The molecule has 0 saturated heterocycles. The summed E-state index contributed by atoms with van der Waals surface area (Å²) < 4.78 is 10.8. The van der Waals surface area contributed by atoms with E-state index >= 15 is 0 Å². The van der Waals surface area contributed by atoms with E-state index in [9.17, 15) is 0 Å². The zero-order valence-corrected chi connectivity index (χ0v) is 28.3. The van der Waals surface area contributed by atoms with Gasteiger partial charge in [0.2, 0.25) is 0 Å². The molecule has 0 aliphatic heterocycles. The molecule has 3 aromatic carbocycles. The van der Waals surface area contributed by atoms with Gasteiger partial charge in [-0.25, -0.2) is 23.3 Å². The Kier molecular flexibility index (Phi) is 19.5. The van der Waals surface area contributed by atoms with E-state index in [0.717, 1.165) is 41.3 Å². The third kappa shape index (κ3) is 16.8. The molecule has 2 aliphatic carbocycles. The van der Waals surface area contributed by atoms with Gasteiger partial charge in [-0.2, -0.15) is 36.8 Å². The van der Waals surface area contributed by atoms with E-state index in [1.54, 1.807) is 0 Å². The van der Waals surface area contributed by atoms with Crippen molar-refractivity contribution in [2.75, 3.05) is 23.8 Å². The van der Waals surface area contributed by atoms with Crippen molar-refractivity contribution in [1.29, 1.82) is 0 Å². The van der Waals surface area contributed by atoms with Crippen molar-refractivity contribution in [2.24, 2.45) is 0 Å². The van der Waals surface area contributed by atoms with E-state index in [1.807, 2.05) is 92.7 Å². The van der Waals surface area contributed by atoms with Gasteiger partial charge in [0.1, 0.15) is 11.5 Å². The number of allylic oxidation sites excluding steroid dienone is 8. The maximum absolute atomic E-state index is 5.40. The Balaban J connectivity index is 0.000000353. The zero-order chi connectivity index (χ0) is 29.7. The molecule has 1 radical (unpaired) electrons. The van der Waals surface area contributed by atoms with Crippen LogP contribution in [0.25, 0.3) is 0 Å². The second-order valence-corrected chi connectivity index (χ2v) is 9.32. The van der Waals surface area contributed by atoms with Crippen LogP contribution in [0.5, 0.6) is 11.5 Å². The second kappa shape index (κ2) is 22.3. The number of hydrogen-bond acceptors (Lipinski definition) is 3. The summed E-state index contributed by atoms with van der Waals surface area (Å²) >= 11 is 5.30. The normalized spacial score (nSPS) is 11.9. The summed E-state index contributed by atoms with van der Waals surface area (Å²) in [5.41, 5.74) is 5.44. The van der Waals surface area contributed by atoms with Crippen LogP contribution in [0.4, 0.5) is 11.4 Å². The summed E-state index contributed by atoms with van der Waals surface area (Å²) in [7, 11) is 0. The van der Waals surface area contributed by atoms with E-state index in [1.165, 1.54) is 11.1 Å². The number of benzene rings is 3. The first-order valence-electron chi connectivity index (χ1n) is 13.8. The molecule has 0 saturated carbocycles. The molecule has 5 rings (SSSR count). The largest absolute Gasteiger partial charge is 3.00 e. The van der Waals surface area contributed by atoms with Gasteiger partial charge in [0.25, 0.3) is 0 Å². The molecular weight excluding hydrogens is 616 g/mol. The topological polar surface area (TPSA) is 42.5 Å². The van der Waals surface area contributed by atoms with Crippen LogP contribution in [0.3, 0.4) is 0 Å². The summed E-state index contributed by atoms with van der Waals surface area (Å²) in [5, 5.41) is 6.80. The molecule has 0 spiro atoms. The Morgan fingerprint density at radius 2 is 1.12 bits per heavy atom. The molecule has 2 N–H and O–H groups in total. The van der Waals surface area contributed by atoms with Gasteiger partial charge in [-0.15, -0.1) is 25.0 Å². The predicted octanol–water partition coefficient (Wildman–Crippen LogP) is 9.55. The first-order chi connectivity index (χ1) is 19.9. The number of anilines is 2. The molecular formula is C36H41N2O2SZr. The van der Waals surface area contributed by atoms with Crippen LogP contribution in [0.15, 0.2) is 114 Å². The summed E-state index contributed by atoms with van der Waals surface area (Å²) in [4.78, 5) is 0. The molecule has 0 fully saturated rings. The van der Waals surface area contributed by atoms with E-state index in [-0.39, 0.29) is 26.2 Å². The Labute approximate surface area is 277 Å². The monoisotopic (exact) mass is 655 g/mol. The summed E-state index contributed by atoms with van der Waals surface area (Å²) in [5.74, 6) is 1.69. The van der Waals surface area contributed by atoms with Crippen LogP contribution in [0.2, 0.25) is 0 Å². The zero-order valence-electron chi connectivity index (χ0n) is 25.1. The van der Waals surface area contributed by atoms with Gasteiger partial charge >= 0.3 is 26.2 Å². The molecule has 0 atom stereocenters. The molecule has 3 aromatic rings. The molecule has 0 amide bonds. The number of nitrogens with one attached hydrogen (secondary N) is 2. The molecule has 6 heteroatoms. The maximum Gasteiger partial charge on any atom is 3.00 e. The van der Waals surface area contributed by atoms with Crippen molar-refractivity contribution < 1.29 is 35.7 Å². The summed E-state index contributed by atoms with van der Waals surface area (Å²) in [6.45, 7) is 13.1. The Bertz CT molecular complexity index is 1200. The number of rotatable bonds is 6. The van der Waals surface area contributed by atoms with Crippen molar-refractivity contribution in [3.8, 4) is 11.5 Å². The number of thiocarbonyl (C=S) groups is 1. The van der Waals surface area contributed by atoms with Crippen molar-refractivity contribution in [3.63, 3.8) is 0 Å². The quantitative estimate of drug-likeness (QED) is 0.204. The standard InChI is InChI=1S/C17H20N2O2S.C7H7.2C6H7.Zr/c1-3-20-15-9-5-13(6-10-15)18-17(22)19-14-7-11-16(12-8-14)21-4-2;1-7-5-3-2-4-6-7;2*1-6-4-2-3-5-6;/h5-12H,3-4H2,1-2H3,(H2,18,19,22);2-6H,1H2;2*2,4H,3H2,1H3;/q;3*-1;+3.